The molecule has 5 nitrogen and oxygen atoms in total. The largest absolute Gasteiger partial charge is 0.496 e. The number of benzene rings is 1. The van der Waals surface area contributed by atoms with Gasteiger partial charge in [0.2, 0.25) is 0 Å². The van der Waals surface area contributed by atoms with E-state index in [1.54, 1.807) is 7.11 Å². The van der Waals surface area contributed by atoms with E-state index in [-0.39, 0.29) is 6.04 Å². The van der Waals surface area contributed by atoms with Crippen LogP contribution in [0.1, 0.15) is 54.3 Å². The first-order chi connectivity index (χ1) is 11.7. The number of nitrogens with one attached hydrogen (secondary N) is 1. The predicted molar refractivity (Wildman–Crippen MR) is 93.2 cm³/mol. The minimum Gasteiger partial charge on any atom is -0.496 e. The minimum atomic E-state index is 0.133. The van der Waals surface area contributed by atoms with Gasteiger partial charge < -0.3 is 10.1 Å². The molecule has 1 aromatic carbocycles. The summed E-state index contributed by atoms with van der Waals surface area (Å²) in [5.41, 5.74) is 5.00. The molecular formula is C19H22N4O. The molecule has 0 amide bonds. The van der Waals surface area contributed by atoms with Crippen LogP contribution in [-0.4, -0.2) is 17.3 Å². The van der Waals surface area contributed by atoms with Crippen LogP contribution in [0.25, 0.3) is 0 Å². The van der Waals surface area contributed by atoms with Crippen LogP contribution in [0.15, 0.2) is 18.2 Å². The molecule has 1 aliphatic rings. The third-order valence-electron chi connectivity index (χ3n) is 4.72. The molecule has 0 saturated heterocycles. The molecule has 1 aromatic heterocycles. The Morgan fingerprint density at radius 2 is 2.12 bits per heavy atom. The van der Waals surface area contributed by atoms with Gasteiger partial charge in [0.1, 0.15) is 17.4 Å². The Kier molecular flexibility index (Phi) is 4.66. The van der Waals surface area contributed by atoms with E-state index in [1.165, 1.54) is 11.1 Å². The highest BCUT2D eigenvalue weighted by molar-refractivity contribution is 5.58. The van der Waals surface area contributed by atoms with Crippen molar-refractivity contribution in [3.8, 4) is 11.8 Å². The standard InChI is InChI=1S/C19H22N4O/c1-4-12-15(11-20)19(23-22-16(12)5-2)21-17-10-9-14-13(17)7-6-8-18(14)24-3/h6-8,17H,4-5,9-10H2,1-3H3,(H,21,23). The molecule has 1 unspecified atom stereocenters. The quantitative estimate of drug-likeness (QED) is 0.911. The highest BCUT2D eigenvalue weighted by Crippen LogP contribution is 2.39. The highest BCUT2D eigenvalue weighted by Gasteiger charge is 2.26. The number of hydrogen-bond donors (Lipinski definition) is 1. The minimum absolute atomic E-state index is 0.133. The van der Waals surface area contributed by atoms with E-state index >= 15 is 0 Å². The molecule has 0 radical (unpaired) electrons. The number of ether oxygens (including phenoxy) is 1. The molecule has 24 heavy (non-hydrogen) atoms. The number of fused-ring (bicyclic) bond motifs is 1. The van der Waals surface area contributed by atoms with Crippen LogP contribution in [0.3, 0.4) is 0 Å². The van der Waals surface area contributed by atoms with Gasteiger partial charge in [-0.3, -0.25) is 0 Å². The second kappa shape index (κ2) is 6.88. The second-order valence-corrected chi connectivity index (χ2v) is 5.93. The lowest BCUT2D eigenvalue weighted by atomic mass is 10.0. The van der Waals surface area contributed by atoms with Gasteiger partial charge in [-0.1, -0.05) is 26.0 Å². The fourth-order valence-corrected chi connectivity index (χ4v) is 3.52. The molecule has 2 aromatic rings. The first kappa shape index (κ1) is 16.3. The van der Waals surface area contributed by atoms with Gasteiger partial charge in [-0.05, 0) is 48.4 Å². The number of methoxy groups -OCH3 is 1. The molecule has 0 bridgehead atoms. The smallest absolute Gasteiger partial charge is 0.167 e. The van der Waals surface area contributed by atoms with E-state index in [2.05, 4.69) is 34.6 Å². The Morgan fingerprint density at radius 3 is 2.79 bits per heavy atom. The zero-order chi connectivity index (χ0) is 17.1. The van der Waals surface area contributed by atoms with Crippen molar-refractivity contribution in [2.75, 3.05) is 12.4 Å². The normalized spacial score (nSPS) is 15.7. The second-order valence-electron chi connectivity index (χ2n) is 5.93. The Morgan fingerprint density at radius 1 is 1.29 bits per heavy atom. The van der Waals surface area contributed by atoms with Crippen LogP contribution in [0, 0.1) is 11.3 Å². The van der Waals surface area contributed by atoms with Crippen LogP contribution >= 0.6 is 0 Å². The fourth-order valence-electron chi connectivity index (χ4n) is 3.52. The van der Waals surface area contributed by atoms with Crippen LogP contribution in [0.2, 0.25) is 0 Å². The summed E-state index contributed by atoms with van der Waals surface area (Å²) < 4.78 is 5.46. The first-order valence-electron chi connectivity index (χ1n) is 8.44. The van der Waals surface area contributed by atoms with E-state index in [9.17, 15) is 5.26 Å². The van der Waals surface area contributed by atoms with E-state index in [0.29, 0.717) is 11.4 Å². The van der Waals surface area contributed by atoms with Gasteiger partial charge in [0, 0.05) is 0 Å². The van der Waals surface area contributed by atoms with Crippen molar-refractivity contribution in [2.45, 2.75) is 45.6 Å². The van der Waals surface area contributed by atoms with Crippen molar-refractivity contribution in [1.82, 2.24) is 10.2 Å². The van der Waals surface area contributed by atoms with Crippen molar-refractivity contribution in [1.29, 1.82) is 5.26 Å². The number of rotatable bonds is 5. The molecule has 124 valence electrons. The van der Waals surface area contributed by atoms with Crippen LogP contribution in [0.4, 0.5) is 5.82 Å². The van der Waals surface area contributed by atoms with E-state index < -0.39 is 0 Å². The van der Waals surface area contributed by atoms with E-state index in [1.807, 2.05) is 19.1 Å². The average Bonchev–Trinajstić information content (AvgIpc) is 3.04. The van der Waals surface area contributed by atoms with Gasteiger partial charge in [0.05, 0.1) is 18.8 Å². The molecule has 3 rings (SSSR count). The average molecular weight is 322 g/mol. The summed E-state index contributed by atoms with van der Waals surface area (Å²) in [5.74, 6) is 1.52. The zero-order valence-corrected chi connectivity index (χ0v) is 14.4. The Balaban J connectivity index is 1.96. The monoisotopic (exact) mass is 322 g/mol. The van der Waals surface area contributed by atoms with Crippen molar-refractivity contribution in [3.05, 3.63) is 46.1 Å². The van der Waals surface area contributed by atoms with Gasteiger partial charge in [0.25, 0.3) is 0 Å². The summed E-state index contributed by atoms with van der Waals surface area (Å²) in [6.07, 6.45) is 3.49. The SMILES string of the molecule is CCc1nnc(NC2CCc3c(OC)cccc32)c(C#N)c1CC. The van der Waals surface area contributed by atoms with Gasteiger partial charge in [0.15, 0.2) is 5.82 Å². The number of nitriles is 1. The maximum Gasteiger partial charge on any atom is 0.167 e. The molecule has 0 spiro atoms. The summed E-state index contributed by atoms with van der Waals surface area (Å²) >= 11 is 0. The summed E-state index contributed by atoms with van der Waals surface area (Å²) in [5, 5.41) is 21.7. The van der Waals surface area contributed by atoms with Crippen molar-refractivity contribution >= 4 is 5.82 Å². The van der Waals surface area contributed by atoms with Gasteiger partial charge in [-0.25, -0.2) is 0 Å². The molecule has 0 fully saturated rings. The molecule has 0 saturated carbocycles. The number of anilines is 1. The fraction of sp³-hybridized carbons (Fsp3) is 0.421. The molecule has 0 aliphatic heterocycles. The number of hydrogen-bond acceptors (Lipinski definition) is 5. The molecule has 5 heteroatoms. The Hall–Kier alpha value is -2.61. The van der Waals surface area contributed by atoms with Crippen molar-refractivity contribution in [2.24, 2.45) is 0 Å². The summed E-state index contributed by atoms with van der Waals surface area (Å²) in [6.45, 7) is 4.09. The number of nitrogens with zero attached hydrogens (tertiary/aromatic N) is 3. The summed E-state index contributed by atoms with van der Waals surface area (Å²) in [6, 6.07) is 8.57. The molecule has 1 atom stereocenters. The van der Waals surface area contributed by atoms with Gasteiger partial charge >= 0.3 is 0 Å². The third kappa shape index (κ3) is 2.69. The van der Waals surface area contributed by atoms with E-state index in [4.69, 9.17) is 4.74 Å². The zero-order valence-electron chi connectivity index (χ0n) is 14.4. The lowest BCUT2D eigenvalue weighted by Gasteiger charge is -2.17. The first-order valence-corrected chi connectivity index (χ1v) is 8.44. The third-order valence-corrected chi connectivity index (χ3v) is 4.72. The van der Waals surface area contributed by atoms with Crippen LogP contribution < -0.4 is 10.1 Å². The maximum absolute atomic E-state index is 9.62. The van der Waals surface area contributed by atoms with Crippen LogP contribution in [0.5, 0.6) is 5.75 Å². The van der Waals surface area contributed by atoms with Crippen LogP contribution in [-0.2, 0) is 19.3 Å². The highest BCUT2D eigenvalue weighted by atomic mass is 16.5. The Bertz CT molecular complexity index is 795. The molecule has 1 N–H and O–H groups in total. The van der Waals surface area contributed by atoms with E-state index in [0.717, 1.165) is 42.7 Å². The lowest BCUT2D eigenvalue weighted by Crippen LogP contribution is -2.13. The molecular weight excluding hydrogens is 300 g/mol. The Labute approximate surface area is 142 Å². The number of aryl methyl sites for hydroxylation is 1. The molecule has 1 heterocycles. The maximum atomic E-state index is 9.62. The van der Waals surface area contributed by atoms with Crippen molar-refractivity contribution < 1.29 is 4.74 Å². The summed E-state index contributed by atoms with van der Waals surface area (Å²) in [7, 11) is 1.70. The predicted octanol–water partition coefficient (Wildman–Crippen LogP) is 3.58. The van der Waals surface area contributed by atoms with Gasteiger partial charge in [-0.15, -0.1) is 5.10 Å². The van der Waals surface area contributed by atoms with Gasteiger partial charge in [-0.2, -0.15) is 10.4 Å². The molecule has 1 aliphatic carbocycles. The summed E-state index contributed by atoms with van der Waals surface area (Å²) in [4.78, 5) is 0. The number of aromatic nitrogens is 2. The topological polar surface area (TPSA) is 70.8 Å². The lowest BCUT2D eigenvalue weighted by molar-refractivity contribution is 0.410. The van der Waals surface area contributed by atoms with Crippen molar-refractivity contribution in [3.63, 3.8) is 0 Å².